The van der Waals surface area contributed by atoms with Crippen molar-refractivity contribution in [2.75, 3.05) is 33.5 Å². The molecular weight excluding hydrogens is 182 g/mol. The number of methoxy groups -OCH3 is 1. The van der Waals surface area contributed by atoms with Crippen molar-refractivity contribution in [3.05, 3.63) is 0 Å². The lowest BCUT2D eigenvalue weighted by atomic mass is 10.3. The molecule has 84 valence electrons. The molecule has 0 aromatic rings. The van der Waals surface area contributed by atoms with Gasteiger partial charge in [-0.15, -0.1) is 0 Å². The number of rotatable bonds is 9. The number of ether oxygens (including phenoxy) is 2. The maximum atomic E-state index is 9.04. The van der Waals surface area contributed by atoms with Crippen LogP contribution in [0.4, 0.5) is 0 Å². The highest BCUT2D eigenvalue weighted by Crippen LogP contribution is 2.19. The number of hydrogen-bond acceptors (Lipinski definition) is 4. The van der Waals surface area contributed by atoms with Gasteiger partial charge in [-0.1, -0.05) is 0 Å². The molecule has 2 N–H and O–H groups in total. The van der Waals surface area contributed by atoms with E-state index >= 15 is 0 Å². The second-order valence-corrected chi connectivity index (χ2v) is 3.74. The average molecular weight is 203 g/mol. The fourth-order valence-electron chi connectivity index (χ4n) is 1.27. The molecule has 0 saturated heterocycles. The van der Waals surface area contributed by atoms with Crippen LogP contribution >= 0.6 is 0 Å². The molecule has 4 heteroatoms. The lowest BCUT2D eigenvalue weighted by molar-refractivity contribution is 0.0718. The average Bonchev–Trinajstić information content (AvgIpc) is 2.99. The molecule has 1 atom stereocenters. The molecule has 4 nitrogen and oxygen atoms in total. The minimum atomic E-state index is 0.102. The highest BCUT2D eigenvalue weighted by molar-refractivity contribution is 4.84. The first-order valence-electron chi connectivity index (χ1n) is 5.30. The van der Waals surface area contributed by atoms with Crippen molar-refractivity contribution in [2.45, 2.75) is 31.3 Å². The Kier molecular flexibility index (Phi) is 6.10. The van der Waals surface area contributed by atoms with Crippen molar-refractivity contribution in [1.29, 1.82) is 0 Å². The van der Waals surface area contributed by atoms with E-state index in [9.17, 15) is 0 Å². The van der Waals surface area contributed by atoms with E-state index in [0.29, 0.717) is 19.3 Å². The van der Waals surface area contributed by atoms with Gasteiger partial charge in [-0.3, -0.25) is 0 Å². The van der Waals surface area contributed by atoms with Gasteiger partial charge in [0.05, 0.1) is 19.3 Å². The Labute approximate surface area is 85.6 Å². The van der Waals surface area contributed by atoms with Gasteiger partial charge in [0.2, 0.25) is 0 Å². The molecule has 0 aromatic heterocycles. The summed E-state index contributed by atoms with van der Waals surface area (Å²) in [4.78, 5) is 0. The zero-order valence-electron chi connectivity index (χ0n) is 8.87. The van der Waals surface area contributed by atoms with Crippen molar-refractivity contribution < 1.29 is 14.6 Å². The van der Waals surface area contributed by atoms with Crippen molar-refractivity contribution in [3.63, 3.8) is 0 Å². The Balaban J connectivity index is 1.90. The molecule has 0 spiro atoms. The number of hydrogen-bond donors (Lipinski definition) is 2. The fraction of sp³-hybridized carbons (Fsp3) is 1.00. The normalized spacial score (nSPS) is 18.4. The first kappa shape index (κ1) is 11.9. The summed E-state index contributed by atoms with van der Waals surface area (Å²) in [7, 11) is 1.69. The molecule has 1 aliphatic rings. The monoisotopic (exact) mass is 203 g/mol. The molecule has 1 saturated carbocycles. The van der Waals surface area contributed by atoms with Crippen LogP contribution in [0, 0.1) is 0 Å². The minimum Gasteiger partial charge on any atom is -0.395 e. The first-order valence-corrected chi connectivity index (χ1v) is 5.30. The van der Waals surface area contributed by atoms with Gasteiger partial charge in [0.25, 0.3) is 0 Å². The van der Waals surface area contributed by atoms with Gasteiger partial charge in [-0.05, 0) is 19.3 Å². The highest BCUT2D eigenvalue weighted by Gasteiger charge is 2.24. The van der Waals surface area contributed by atoms with Crippen LogP contribution in [0.25, 0.3) is 0 Å². The van der Waals surface area contributed by atoms with Gasteiger partial charge in [-0.25, -0.2) is 0 Å². The summed E-state index contributed by atoms with van der Waals surface area (Å²) >= 11 is 0. The van der Waals surface area contributed by atoms with Crippen LogP contribution in [0.5, 0.6) is 0 Å². The van der Waals surface area contributed by atoms with E-state index < -0.39 is 0 Å². The Hall–Kier alpha value is -0.160. The van der Waals surface area contributed by atoms with E-state index in [1.807, 2.05) is 0 Å². The number of aliphatic hydroxyl groups is 1. The molecule has 0 aliphatic heterocycles. The zero-order valence-corrected chi connectivity index (χ0v) is 8.87. The van der Waals surface area contributed by atoms with E-state index in [-0.39, 0.29) is 12.6 Å². The lowest BCUT2D eigenvalue weighted by Crippen LogP contribution is -2.38. The van der Waals surface area contributed by atoms with Crippen LogP contribution in [0.3, 0.4) is 0 Å². The lowest BCUT2D eigenvalue weighted by Gasteiger charge is -2.15. The smallest absolute Gasteiger partial charge is 0.0642 e. The minimum absolute atomic E-state index is 0.102. The summed E-state index contributed by atoms with van der Waals surface area (Å²) in [6.07, 6.45) is 3.39. The standard InChI is InChI=1S/C10H21NO3/c1-13-5-2-6-14-8-10(7-12)11-9-3-4-9/h9-12H,2-8H2,1H3. The van der Waals surface area contributed by atoms with Gasteiger partial charge in [0.15, 0.2) is 0 Å². The summed E-state index contributed by atoms with van der Waals surface area (Å²) in [5.41, 5.74) is 0. The van der Waals surface area contributed by atoms with Crippen molar-refractivity contribution in [1.82, 2.24) is 5.32 Å². The van der Waals surface area contributed by atoms with Crippen LogP contribution in [0.1, 0.15) is 19.3 Å². The molecule has 1 unspecified atom stereocenters. The maximum absolute atomic E-state index is 9.04. The third kappa shape index (κ3) is 5.54. The van der Waals surface area contributed by atoms with Gasteiger partial charge in [0.1, 0.15) is 0 Å². The van der Waals surface area contributed by atoms with Gasteiger partial charge >= 0.3 is 0 Å². The molecule has 1 rings (SSSR count). The summed E-state index contributed by atoms with van der Waals surface area (Å²) < 4.78 is 10.3. The molecule has 14 heavy (non-hydrogen) atoms. The van der Waals surface area contributed by atoms with Gasteiger partial charge in [0, 0.05) is 26.4 Å². The summed E-state index contributed by atoms with van der Waals surface area (Å²) in [6, 6.07) is 0.722. The topological polar surface area (TPSA) is 50.7 Å². The van der Waals surface area contributed by atoms with Crippen LogP contribution in [-0.4, -0.2) is 50.7 Å². The number of aliphatic hydroxyl groups excluding tert-OH is 1. The summed E-state index contributed by atoms with van der Waals surface area (Å²) in [5.74, 6) is 0. The Bertz CT molecular complexity index is 139. The fourth-order valence-corrected chi connectivity index (χ4v) is 1.27. The molecule has 0 amide bonds. The molecule has 0 bridgehead atoms. The predicted octanol–water partition coefficient (Wildman–Crippen LogP) is 0.152. The quantitative estimate of drug-likeness (QED) is 0.524. The van der Waals surface area contributed by atoms with Crippen LogP contribution in [0.15, 0.2) is 0 Å². The molecule has 0 radical (unpaired) electrons. The van der Waals surface area contributed by atoms with Crippen molar-refractivity contribution in [3.8, 4) is 0 Å². The third-order valence-electron chi connectivity index (χ3n) is 2.23. The summed E-state index contributed by atoms with van der Waals surface area (Å²) in [6.45, 7) is 2.19. The summed E-state index contributed by atoms with van der Waals surface area (Å²) in [5, 5.41) is 12.4. The first-order chi connectivity index (χ1) is 6.86. The SMILES string of the molecule is COCCCOCC(CO)NC1CC1. The van der Waals surface area contributed by atoms with E-state index in [0.717, 1.165) is 13.0 Å². The van der Waals surface area contributed by atoms with Crippen LogP contribution < -0.4 is 5.32 Å². The van der Waals surface area contributed by atoms with E-state index in [4.69, 9.17) is 14.6 Å². The number of nitrogens with one attached hydrogen (secondary N) is 1. The van der Waals surface area contributed by atoms with E-state index in [2.05, 4.69) is 5.32 Å². The van der Waals surface area contributed by atoms with Crippen molar-refractivity contribution >= 4 is 0 Å². The second-order valence-electron chi connectivity index (χ2n) is 3.74. The molecule has 1 fully saturated rings. The van der Waals surface area contributed by atoms with Gasteiger partial charge in [-0.2, -0.15) is 0 Å². The third-order valence-corrected chi connectivity index (χ3v) is 2.23. The highest BCUT2D eigenvalue weighted by atomic mass is 16.5. The van der Waals surface area contributed by atoms with Gasteiger partial charge < -0.3 is 19.9 Å². The maximum Gasteiger partial charge on any atom is 0.0642 e. The molecular formula is C10H21NO3. The zero-order chi connectivity index (χ0) is 10.2. The Morgan fingerprint density at radius 1 is 1.43 bits per heavy atom. The van der Waals surface area contributed by atoms with E-state index in [1.165, 1.54) is 12.8 Å². The van der Waals surface area contributed by atoms with E-state index in [1.54, 1.807) is 7.11 Å². The predicted molar refractivity (Wildman–Crippen MR) is 54.3 cm³/mol. The Morgan fingerprint density at radius 3 is 2.79 bits per heavy atom. The Morgan fingerprint density at radius 2 is 2.21 bits per heavy atom. The van der Waals surface area contributed by atoms with Crippen molar-refractivity contribution in [2.24, 2.45) is 0 Å². The molecule has 0 aromatic carbocycles. The van der Waals surface area contributed by atoms with Crippen LogP contribution in [0.2, 0.25) is 0 Å². The molecule has 1 aliphatic carbocycles. The van der Waals surface area contributed by atoms with Crippen LogP contribution in [-0.2, 0) is 9.47 Å². The largest absolute Gasteiger partial charge is 0.395 e. The second kappa shape index (κ2) is 7.17. The molecule has 0 heterocycles.